The maximum Gasteiger partial charge on any atom is 0.235 e. The molecule has 0 saturated heterocycles. The number of nitrogens with zero attached hydrogens (tertiary/aromatic N) is 2. The Morgan fingerprint density at radius 2 is 2.18 bits per heavy atom. The molecule has 2 aromatic rings. The highest BCUT2D eigenvalue weighted by Crippen LogP contribution is 2.16. The molecular weight excluding hydrogens is 282 g/mol. The van der Waals surface area contributed by atoms with E-state index in [1.165, 1.54) is 0 Å². The summed E-state index contributed by atoms with van der Waals surface area (Å²) in [6.45, 7) is 0.645. The van der Waals surface area contributed by atoms with Gasteiger partial charge in [-0.15, -0.1) is 0 Å². The second-order valence-corrected chi connectivity index (χ2v) is 4.10. The third-order valence-electron chi connectivity index (χ3n) is 2.30. The van der Waals surface area contributed by atoms with E-state index in [0.29, 0.717) is 11.9 Å². The highest BCUT2D eigenvalue weighted by atomic mass is 79.9. The molecule has 1 aromatic carbocycles. The number of carbonyl (C=O) groups is 1. The van der Waals surface area contributed by atoms with Crippen molar-refractivity contribution in [1.29, 1.82) is 0 Å². The van der Waals surface area contributed by atoms with Crippen molar-refractivity contribution in [3.8, 4) is 0 Å². The van der Waals surface area contributed by atoms with Crippen molar-refractivity contribution < 1.29 is 4.79 Å². The predicted octanol–water partition coefficient (Wildman–Crippen LogP) is 2.26. The summed E-state index contributed by atoms with van der Waals surface area (Å²) < 4.78 is 1.82. The van der Waals surface area contributed by atoms with Gasteiger partial charge in [-0.05, 0) is 17.7 Å². The summed E-state index contributed by atoms with van der Waals surface area (Å²) in [6, 6.07) is 9.59. The van der Waals surface area contributed by atoms with Crippen molar-refractivity contribution in [2.45, 2.75) is 6.54 Å². The Morgan fingerprint density at radius 3 is 2.88 bits per heavy atom. The largest absolute Gasteiger partial charge is 0.325 e. The van der Waals surface area contributed by atoms with Crippen LogP contribution in [0.1, 0.15) is 5.56 Å². The van der Waals surface area contributed by atoms with Gasteiger partial charge in [-0.25, -0.2) is 0 Å². The van der Waals surface area contributed by atoms with Gasteiger partial charge in [0.2, 0.25) is 5.91 Å². The number of alkyl halides is 1. The molecule has 0 bridgehead atoms. The Balaban J connectivity index is 2.18. The van der Waals surface area contributed by atoms with E-state index in [1.807, 2.05) is 41.2 Å². The Bertz CT molecular complexity index is 496. The summed E-state index contributed by atoms with van der Waals surface area (Å²) >= 11 is 3.13. The lowest BCUT2D eigenvalue weighted by atomic mass is 10.2. The summed E-state index contributed by atoms with van der Waals surface area (Å²) in [6.07, 6.45) is 3.63. The lowest BCUT2D eigenvalue weighted by Crippen LogP contribution is -2.14. The summed E-state index contributed by atoms with van der Waals surface area (Å²) in [5.74, 6) is -0.0575. The first-order valence-electron chi connectivity index (χ1n) is 5.21. The molecule has 2 rings (SSSR count). The minimum atomic E-state index is -0.0575. The molecule has 0 fully saturated rings. The maximum absolute atomic E-state index is 11.4. The fourth-order valence-electron chi connectivity index (χ4n) is 1.53. The fraction of sp³-hybridized carbons (Fsp3) is 0.167. The molecule has 0 atom stereocenters. The fourth-order valence-corrected chi connectivity index (χ4v) is 1.67. The van der Waals surface area contributed by atoms with Crippen LogP contribution in [0.25, 0.3) is 0 Å². The molecule has 0 aliphatic rings. The molecular formula is C12H12BrN3O. The van der Waals surface area contributed by atoms with Crippen molar-refractivity contribution >= 4 is 27.5 Å². The zero-order valence-electron chi connectivity index (χ0n) is 9.14. The lowest BCUT2D eigenvalue weighted by molar-refractivity contribution is -0.113. The number of rotatable bonds is 4. The van der Waals surface area contributed by atoms with Crippen LogP contribution in [0.3, 0.4) is 0 Å². The van der Waals surface area contributed by atoms with Crippen molar-refractivity contribution in [2.24, 2.45) is 0 Å². The Hall–Kier alpha value is -1.62. The van der Waals surface area contributed by atoms with Crippen LogP contribution in [0.4, 0.5) is 5.69 Å². The number of benzene rings is 1. The number of anilines is 1. The first-order chi connectivity index (χ1) is 8.29. The molecule has 1 heterocycles. The summed E-state index contributed by atoms with van der Waals surface area (Å²) in [7, 11) is 0. The first-order valence-corrected chi connectivity index (χ1v) is 6.33. The standard InChI is InChI=1S/C12H12BrN3O/c13-8-12(17)15-11-5-2-1-4-10(11)9-16-7-3-6-14-16/h1-7H,8-9H2,(H,15,17). The number of nitrogens with one attached hydrogen (secondary N) is 1. The Morgan fingerprint density at radius 1 is 1.35 bits per heavy atom. The van der Waals surface area contributed by atoms with E-state index in [4.69, 9.17) is 0 Å². The van der Waals surface area contributed by atoms with E-state index in [1.54, 1.807) is 6.20 Å². The Labute approximate surface area is 108 Å². The second-order valence-electron chi connectivity index (χ2n) is 3.54. The molecule has 0 aliphatic heterocycles. The van der Waals surface area contributed by atoms with Crippen molar-refractivity contribution in [2.75, 3.05) is 10.6 Å². The van der Waals surface area contributed by atoms with Crippen LogP contribution in [0.15, 0.2) is 42.7 Å². The van der Waals surface area contributed by atoms with Gasteiger partial charge in [-0.2, -0.15) is 5.10 Å². The van der Waals surface area contributed by atoms with Gasteiger partial charge in [0.1, 0.15) is 0 Å². The topological polar surface area (TPSA) is 46.9 Å². The number of hydrogen-bond donors (Lipinski definition) is 1. The Kier molecular flexibility index (Phi) is 3.93. The average molecular weight is 294 g/mol. The predicted molar refractivity (Wildman–Crippen MR) is 70.2 cm³/mol. The normalized spacial score (nSPS) is 10.2. The van der Waals surface area contributed by atoms with Crippen LogP contribution >= 0.6 is 15.9 Å². The van der Waals surface area contributed by atoms with Crippen LogP contribution in [0, 0.1) is 0 Å². The molecule has 0 aliphatic carbocycles. The molecule has 4 nitrogen and oxygen atoms in total. The summed E-state index contributed by atoms with van der Waals surface area (Å²) in [5.41, 5.74) is 1.86. The van der Waals surface area contributed by atoms with Gasteiger partial charge in [0.15, 0.2) is 0 Å². The zero-order chi connectivity index (χ0) is 12.1. The van der Waals surface area contributed by atoms with Gasteiger partial charge in [-0.3, -0.25) is 9.48 Å². The SMILES string of the molecule is O=C(CBr)Nc1ccccc1Cn1cccn1. The van der Waals surface area contributed by atoms with E-state index in [0.717, 1.165) is 11.3 Å². The molecule has 0 radical (unpaired) electrons. The second kappa shape index (κ2) is 5.63. The van der Waals surface area contributed by atoms with Crippen molar-refractivity contribution in [3.63, 3.8) is 0 Å². The van der Waals surface area contributed by atoms with Gasteiger partial charge < -0.3 is 5.32 Å². The van der Waals surface area contributed by atoms with Crippen molar-refractivity contribution in [1.82, 2.24) is 9.78 Å². The molecule has 1 aromatic heterocycles. The van der Waals surface area contributed by atoms with Gasteiger partial charge in [0, 0.05) is 18.1 Å². The zero-order valence-corrected chi connectivity index (χ0v) is 10.7. The third-order valence-corrected chi connectivity index (χ3v) is 2.81. The highest BCUT2D eigenvalue weighted by Gasteiger charge is 2.05. The monoisotopic (exact) mass is 293 g/mol. The molecule has 0 saturated carbocycles. The van der Waals surface area contributed by atoms with E-state index < -0.39 is 0 Å². The van der Waals surface area contributed by atoms with Gasteiger partial charge in [0.05, 0.1) is 11.9 Å². The number of para-hydroxylation sites is 1. The van der Waals surface area contributed by atoms with Crippen LogP contribution < -0.4 is 5.32 Å². The van der Waals surface area contributed by atoms with E-state index in [-0.39, 0.29) is 5.91 Å². The molecule has 5 heteroatoms. The smallest absolute Gasteiger partial charge is 0.235 e. The van der Waals surface area contributed by atoms with E-state index in [2.05, 4.69) is 26.3 Å². The minimum Gasteiger partial charge on any atom is -0.325 e. The number of carbonyl (C=O) groups excluding carboxylic acids is 1. The van der Waals surface area contributed by atoms with Gasteiger partial charge >= 0.3 is 0 Å². The first kappa shape index (κ1) is 11.9. The average Bonchev–Trinajstić information content (AvgIpc) is 2.84. The van der Waals surface area contributed by atoms with Crippen LogP contribution in [0.5, 0.6) is 0 Å². The third kappa shape index (κ3) is 3.17. The number of hydrogen-bond acceptors (Lipinski definition) is 2. The molecule has 0 unspecified atom stereocenters. The maximum atomic E-state index is 11.4. The number of aromatic nitrogens is 2. The molecule has 1 amide bonds. The van der Waals surface area contributed by atoms with Crippen molar-refractivity contribution in [3.05, 3.63) is 48.3 Å². The van der Waals surface area contributed by atoms with E-state index in [9.17, 15) is 4.79 Å². The lowest BCUT2D eigenvalue weighted by Gasteiger charge is -2.10. The van der Waals surface area contributed by atoms with Gasteiger partial charge in [0.25, 0.3) is 0 Å². The number of amides is 1. The van der Waals surface area contributed by atoms with Crippen LogP contribution in [-0.2, 0) is 11.3 Å². The minimum absolute atomic E-state index is 0.0575. The quantitative estimate of drug-likeness (QED) is 0.879. The van der Waals surface area contributed by atoms with Gasteiger partial charge in [-0.1, -0.05) is 34.1 Å². The molecule has 0 spiro atoms. The molecule has 1 N–H and O–H groups in total. The van der Waals surface area contributed by atoms with E-state index >= 15 is 0 Å². The highest BCUT2D eigenvalue weighted by molar-refractivity contribution is 9.09. The molecule has 17 heavy (non-hydrogen) atoms. The molecule has 88 valence electrons. The summed E-state index contributed by atoms with van der Waals surface area (Å²) in [4.78, 5) is 11.4. The number of halogens is 1. The van der Waals surface area contributed by atoms with Crippen LogP contribution in [0.2, 0.25) is 0 Å². The van der Waals surface area contributed by atoms with Crippen LogP contribution in [-0.4, -0.2) is 21.0 Å². The summed E-state index contributed by atoms with van der Waals surface area (Å²) in [5, 5.41) is 7.29.